The molecule has 0 aliphatic heterocycles. The second kappa shape index (κ2) is 3.61. The van der Waals surface area contributed by atoms with Crippen molar-refractivity contribution < 1.29 is 0 Å². The van der Waals surface area contributed by atoms with Crippen molar-refractivity contribution in [3.05, 3.63) is 30.1 Å². The van der Waals surface area contributed by atoms with Crippen molar-refractivity contribution >= 4 is 5.95 Å². The SMILES string of the molecule is c1cncc(CNc2nn[nH]n2)c1. The van der Waals surface area contributed by atoms with Crippen molar-refractivity contribution in [1.82, 2.24) is 25.6 Å². The first kappa shape index (κ1) is 7.66. The Hall–Kier alpha value is -1.98. The van der Waals surface area contributed by atoms with Crippen LogP contribution in [0.5, 0.6) is 0 Å². The average Bonchev–Trinajstić information content (AvgIpc) is 2.69. The lowest BCUT2D eigenvalue weighted by Gasteiger charge is -1.99. The van der Waals surface area contributed by atoms with Gasteiger partial charge in [0.15, 0.2) is 0 Å². The molecule has 66 valence electrons. The van der Waals surface area contributed by atoms with Crippen LogP contribution in [0.3, 0.4) is 0 Å². The van der Waals surface area contributed by atoms with Gasteiger partial charge in [-0.15, -0.1) is 5.10 Å². The van der Waals surface area contributed by atoms with Crippen molar-refractivity contribution in [2.75, 3.05) is 5.32 Å². The molecule has 6 nitrogen and oxygen atoms in total. The number of hydrogen-bond acceptors (Lipinski definition) is 5. The minimum atomic E-state index is 0.490. The standard InChI is InChI=1S/C7H8N6/c1-2-6(4-8-3-1)5-9-7-10-12-13-11-7/h1-4H,5H2,(H2,9,10,11,12,13). The molecule has 0 unspecified atom stereocenters. The van der Waals surface area contributed by atoms with Crippen molar-refractivity contribution in [3.63, 3.8) is 0 Å². The highest BCUT2D eigenvalue weighted by Gasteiger charge is 1.95. The Morgan fingerprint density at radius 1 is 1.46 bits per heavy atom. The quantitative estimate of drug-likeness (QED) is 0.698. The molecule has 0 aliphatic carbocycles. The molecular weight excluding hydrogens is 168 g/mol. The van der Waals surface area contributed by atoms with Gasteiger partial charge >= 0.3 is 0 Å². The van der Waals surface area contributed by atoms with Gasteiger partial charge in [-0.3, -0.25) is 4.98 Å². The van der Waals surface area contributed by atoms with E-state index >= 15 is 0 Å². The van der Waals surface area contributed by atoms with Gasteiger partial charge in [-0.1, -0.05) is 11.2 Å². The fourth-order valence-corrected chi connectivity index (χ4v) is 0.920. The molecule has 0 aromatic carbocycles. The maximum Gasteiger partial charge on any atom is 0.263 e. The van der Waals surface area contributed by atoms with Gasteiger partial charge in [0.1, 0.15) is 0 Å². The van der Waals surface area contributed by atoms with Crippen molar-refractivity contribution in [1.29, 1.82) is 0 Å². The molecule has 2 rings (SSSR count). The molecule has 0 spiro atoms. The van der Waals surface area contributed by atoms with Gasteiger partial charge in [-0.25, -0.2) is 0 Å². The van der Waals surface area contributed by atoms with Gasteiger partial charge in [-0.05, 0) is 16.8 Å². The number of H-pyrrole nitrogens is 1. The minimum absolute atomic E-state index is 0.490. The summed E-state index contributed by atoms with van der Waals surface area (Å²) in [7, 11) is 0. The van der Waals surface area contributed by atoms with Crippen LogP contribution >= 0.6 is 0 Å². The molecule has 0 saturated heterocycles. The minimum Gasteiger partial charge on any atom is -0.347 e. The molecule has 2 N–H and O–H groups in total. The van der Waals surface area contributed by atoms with E-state index in [1.165, 1.54) is 0 Å². The molecular formula is C7H8N6. The summed E-state index contributed by atoms with van der Waals surface area (Å²) >= 11 is 0. The average molecular weight is 176 g/mol. The van der Waals surface area contributed by atoms with Gasteiger partial charge in [0, 0.05) is 18.9 Å². The van der Waals surface area contributed by atoms with Crippen LogP contribution in [0.2, 0.25) is 0 Å². The predicted octanol–water partition coefficient (Wildman–Crippen LogP) is 0.207. The molecule has 0 saturated carbocycles. The first-order chi connectivity index (χ1) is 6.45. The molecule has 0 aliphatic rings. The number of anilines is 1. The van der Waals surface area contributed by atoms with E-state index in [1.807, 2.05) is 12.1 Å². The second-order valence-electron chi connectivity index (χ2n) is 2.45. The Labute approximate surface area is 74.4 Å². The highest BCUT2D eigenvalue weighted by atomic mass is 15.5. The Kier molecular flexibility index (Phi) is 2.13. The molecule has 0 radical (unpaired) electrons. The van der Waals surface area contributed by atoms with E-state index in [9.17, 15) is 0 Å². The summed E-state index contributed by atoms with van der Waals surface area (Å²) in [4.78, 5) is 3.98. The fourth-order valence-electron chi connectivity index (χ4n) is 0.920. The summed E-state index contributed by atoms with van der Waals surface area (Å²) in [5, 5.41) is 16.3. The highest BCUT2D eigenvalue weighted by molar-refractivity contribution is 5.22. The number of aromatic nitrogens is 5. The van der Waals surface area contributed by atoms with Crippen LogP contribution < -0.4 is 5.32 Å². The van der Waals surface area contributed by atoms with Crippen LogP contribution in [0.1, 0.15) is 5.56 Å². The lowest BCUT2D eigenvalue weighted by Crippen LogP contribution is -2.01. The monoisotopic (exact) mass is 176 g/mol. The summed E-state index contributed by atoms with van der Waals surface area (Å²) in [5.74, 6) is 0.490. The lowest BCUT2D eigenvalue weighted by atomic mass is 10.3. The van der Waals surface area contributed by atoms with Crippen LogP contribution in [0.4, 0.5) is 5.95 Å². The summed E-state index contributed by atoms with van der Waals surface area (Å²) in [5.41, 5.74) is 1.08. The number of nitrogens with one attached hydrogen (secondary N) is 2. The third-order valence-corrected chi connectivity index (χ3v) is 1.52. The first-order valence-corrected chi connectivity index (χ1v) is 3.81. The second-order valence-corrected chi connectivity index (χ2v) is 2.45. The number of tetrazole rings is 1. The molecule has 6 heteroatoms. The number of pyridine rings is 1. The van der Waals surface area contributed by atoms with E-state index in [1.54, 1.807) is 12.4 Å². The number of hydrogen-bond donors (Lipinski definition) is 2. The molecule has 0 amide bonds. The van der Waals surface area contributed by atoms with Gasteiger partial charge in [0.05, 0.1) is 0 Å². The summed E-state index contributed by atoms with van der Waals surface area (Å²) < 4.78 is 0. The van der Waals surface area contributed by atoms with Crippen molar-refractivity contribution in [2.24, 2.45) is 0 Å². The molecule has 2 heterocycles. The zero-order chi connectivity index (χ0) is 8.93. The van der Waals surface area contributed by atoms with E-state index in [2.05, 4.69) is 30.9 Å². The molecule has 2 aromatic rings. The number of aromatic amines is 1. The Bertz CT molecular complexity index is 342. The summed E-state index contributed by atoms with van der Waals surface area (Å²) in [6.07, 6.45) is 3.52. The maximum atomic E-state index is 3.98. The van der Waals surface area contributed by atoms with E-state index in [0.717, 1.165) is 5.56 Å². The van der Waals surface area contributed by atoms with Gasteiger partial charge < -0.3 is 5.32 Å². The zero-order valence-electron chi connectivity index (χ0n) is 6.81. The van der Waals surface area contributed by atoms with Crippen molar-refractivity contribution in [3.8, 4) is 0 Å². The van der Waals surface area contributed by atoms with Crippen molar-refractivity contribution in [2.45, 2.75) is 6.54 Å². The Balaban J connectivity index is 1.94. The van der Waals surface area contributed by atoms with E-state index in [0.29, 0.717) is 12.5 Å². The number of nitrogens with zero attached hydrogens (tertiary/aromatic N) is 4. The fraction of sp³-hybridized carbons (Fsp3) is 0.143. The Morgan fingerprint density at radius 2 is 2.46 bits per heavy atom. The summed E-state index contributed by atoms with van der Waals surface area (Å²) in [6.45, 7) is 0.646. The molecule has 0 atom stereocenters. The zero-order valence-corrected chi connectivity index (χ0v) is 6.81. The predicted molar refractivity (Wildman–Crippen MR) is 45.7 cm³/mol. The van der Waals surface area contributed by atoms with Gasteiger partial charge in [-0.2, -0.15) is 5.21 Å². The van der Waals surface area contributed by atoms with E-state index < -0.39 is 0 Å². The first-order valence-electron chi connectivity index (χ1n) is 3.81. The topological polar surface area (TPSA) is 79.4 Å². The maximum absolute atomic E-state index is 3.98. The summed E-state index contributed by atoms with van der Waals surface area (Å²) in [6, 6.07) is 3.85. The highest BCUT2D eigenvalue weighted by Crippen LogP contribution is 1.98. The largest absolute Gasteiger partial charge is 0.347 e. The van der Waals surface area contributed by atoms with Crippen LogP contribution in [-0.4, -0.2) is 25.6 Å². The molecule has 13 heavy (non-hydrogen) atoms. The normalized spacial score (nSPS) is 9.85. The van der Waals surface area contributed by atoms with E-state index in [4.69, 9.17) is 0 Å². The molecule has 0 fully saturated rings. The molecule has 0 bridgehead atoms. The third-order valence-electron chi connectivity index (χ3n) is 1.52. The smallest absolute Gasteiger partial charge is 0.263 e. The third kappa shape index (κ3) is 1.98. The van der Waals surface area contributed by atoms with Gasteiger partial charge in [0.25, 0.3) is 5.95 Å². The van der Waals surface area contributed by atoms with Crippen LogP contribution in [0.25, 0.3) is 0 Å². The lowest BCUT2D eigenvalue weighted by molar-refractivity contribution is 0.881. The Morgan fingerprint density at radius 3 is 3.15 bits per heavy atom. The molecule has 2 aromatic heterocycles. The van der Waals surface area contributed by atoms with Crippen LogP contribution in [0, 0.1) is 0 Å². The number of rotatable bonds is 3. The van der Waals surface area contributed by atoms with Crippen LogP contribution in [0.15, 0.2) is 24.5 Å². The van der Waals surface area contributed by atoms with Gasteiger partial charge in [0.2, 0.25) is 0 Å². The van der Waals surface area contributed by atoms with E-state index in [-0.39, 0.29) is 0 Å². The van der Waals surface area contributed by atoms with Crippen LogP contribution in [-0.2, 0) is 6.54 Å².